The minimum atomic E-state index is -0.958. The summed E-state index contributed by atoms with van der Waals surface area (Å²) < 4.78 is 0. The summed E-state index contributed by atoms with van der Waals surface area (Å²) in [7, 11) is 0. The van der Waals surface area contributed by atoms with Gasteiger partial charge in [0.15, 0.2) is 0 Å². The Balaban J connectivity index is 2.93. The summed E-state index contributed by atoms with van der Waals surface area (Å²) in [5.41, 5.74) is 1.32. The van der Waals surface area contributed by atoms with Gasteiger partial charge >= 0.3 is 0 Å². The summed E-state index contributed by atoms with van der Waals surface area (Å²) in [4.78, 5) is 4.39. The molecule has 2 rings (SSSR count). The molecule has 1 aromatic heterocycles. The normalized spacial score (nSPS) is 12.1. The average Bonchev–Trinajstić information content (AvgIpc) is 2.16. The molecule has 0 aliphatic rings. The van der Waals surface area contributed by atoms with Crippen LogP contribution in [0.4, 0.5) is 0 Å². The first-order valence-corrected chi connectivity index (χ1v) is 6.04. The van der Waals surface area contributed by atoms with E-state index >= 15 is 0 Å². The fraction of sp³-hybridized carbons (Fsp3) is 0.308. The molecule has 1 N–H and O–H groups in total. The Morgan fingerprint density at radius 2 is 1.82 bits per heavy atom. The molecule has 0 saturated carbocycles. The number of fused-ring (bicyclic) bond motifs is 1. The Bertz CT molecular complexity index is 588. The lowest BCUT2D eigenvalue weighted by Gasteiger charge is -2.21. The third-order valence-electron chi connectivity index (χ3n) is 2.62. The largest absolute Gasteiger partial charge is 0.386 e. The van der Waals surface area contributed by atoms with Gasteiger partial charge in [0, 0.05) is 16.1 Å². The molecule has 0 bridgehead atoms. The molecule has 2 nitrogen and oxygen atoms in total. The monoisotopic (exact) mass is 269 g/mol. The second-order valence-corrected chi connectivity index (χ2v) is 5.50. The van der Waals surface area contributed by atoms with Crippen molar-refractivity contribution in [2.75, 3.05) is 0 Å². The summed E-state index contributed by atoms with van der Waals surface area (Å²) in [5.74, 6) is 0. The van der Waals surface area contributed by atoms with E-state index in [1.165, 1.54) is 0 Å². The van der Waals surface area contributed by atoms with E-state index in [1.54, 1.807) is 26.0 Å². The van der Waals surface area contributed by atoms with Gasteiger partial charge in [0.1, 0.15) is 0 Å². The number of aromatic nitrogens is 1. The molecular formula is C13H13Cl2NO. The van der Waals surface area contributed by atoms with Gasteiger partial charge in [0.25, 0.3) is 0 Å². The number of hydrogen-bond acceptors (Lipinski definition) is 2. The van der Waals surface area contributed by atoms with Gasteiger partial charge in [-0.15, -0.1) is 0 Å². The van der Waals surface area contributed by atoms with E-state index in [-0.39, 0.29) is 0 Å². The lowest BCUT2D eigenvalue weighted by molar-refractivity contribution is 0.0801. The van der Waals surface area contributed by atoms with Crippen LogP contribution in [0.25, 0.3) is 10.9 Å². The molecule has 0 fully saturated rings. The molecule has 1 aromatic carbocycles. The van der Waals surface area contributed by atoms with Crippen molar-refractivity contribution in [1.82, 2.24) is 4.98 Å². The van der Waals surface area contributed by atoms with Crippen molar-refractivity contribution in [2.24, 2.45) is 0 Å². The third-order valence-corrected chi connectivity index (χ3v) is 3.13. The lowest BCUT2D eigenvalue weighted by Crippen LogP contribution is -2.16. The van der Waals surface area contributed by atoms with Crippen molar-refractivity contribution in [3.05, 3.63) is 39.5 Å². The van der Waals surface area contributed by atoms with Gasteiger partial charge < -0.3 is 5.11 Å². The number of aryl methyl sites for hydroxylation is 1. The Labute approximate surface area is 110 Å². The van der Waals surface area contributed by atoms with E-state index in [0.29, 0.717) is 15.6 Å². The van der Waals surface area contributed by atoms with Gasteiger partial charge in [0.2, 0.25) is 0 Å². The molecular weight excluding hydrogens is 257 g/mol. The molecule has 0 amide bonds. The van der Waals surface area contributed by atoms with Crippen LogP contribution in [0.2, 0.25) is 10.0 Å². The molecule has 4 heteroatoms. The number of benzene rings is 1. The maximum atomic E-state index is 10.2. The van der Waals surface area contributed by atoms with Crippen molar-refractivity contribution in [1.29, 1.82) is 0 Å². The van der Waals surface area contributed by atoms with E-state index in [2.05, 4.69) is 4.98 Å². The Hall–Kier alpha value is -0.830. The highest BCUT2D eigenvalue weighted by Crippen LogP contribution is 2.33. The number of hydrogen-bond donors (Lipinski definition) is 1. The zero-order valence-electron chi connectivity index (χ0n) is 9.88. The molecule has 0 aliphatic carbocycles. The predicted molar refractivity (Wildman–Crippen MR) is 71.7 cm³/mol. The van der Waals surface area contributed by atoms with Gasteiger partial charge in [-0.1, -0.05) is 23.2 Å². The van der Waals surface area contributed by atoms with Crippen LogP contribution in [0, 0.1) is 6.92 Å². The standard InChI is InChI=1S/C13H13Cl2NO/c1-7-4-10(13(2,3)17)9-5-8(14)6-11(15)12(9)16-7/h4-6,17H,1-3H3. The van der Waals surface area contributed by atoms with E-state index in [4.69, 9.17) is 23.2 Å². The predicted octanol–water partition coefficient (Wildman–Crippen LogP) is 4.08. The quantitative estimate of drug-likeness (QED) is 0.847. The van der Waals surface area contributed by atoms with E-state index in [0.717, 1.165) is 16.6 Å². The fourth-order valence-electron chi connectivity index (χ4n) is 1.89. The van der Waals surface area contributed by atoms with Crippen LogP contribution in [0.15, 0.2) is 18.2 Å². The maximum absolute atomic E-state index is 10.2. The number of halogens is 2. The van der Waals surface area contributed by atoms with Gasteiger partial charge in [-0.3, -0.25) is 4.98 Å². The summed E-state index contributed by atoms with van der Waals surface area (Å²) in [6.07, 6.45) is 0. The topological polar surface area (TPSA) is 33.1 Å². The fourth-order valence-corrected chi connectivity index (χ4v) is 2.42. The molecule has 0 saturated heterocycles. The van der Waals surface area contributed by atoms with Crippen molar-refractivity contribution >= 4 is 34.1 Å². The summed E-state index contributed by atoms with van der Waals surface area (Å²) >= 11 is 12.1. The SMILES string of the molecule is Cc1cc(C(C)(C)O)c2cc(Cl)cc(Cl)c2n1. The molecule has 1 heterocycles. The highest BCUT2D eigenvalue weighted by Gasteiger charge is 2.21. The second-order valence-electron chi connectivity index (χ2n) is 4.65. The second kappa shape index (κ2) is 4.13. The zero-order valence-corrected chi connectivity index (χ0v) is 11.4. The van der Waals surface area contributed by atoms with Crippen molar-refractivity contribution in [2.45, 2.75) is 26.4 Å². The van der Waals surface area contributed by atoms with E-state index in [9.17, 15) is 5.11 Å². The highest BCUT2D eigenvalue weighted by atomic mass is 35.5. The lowest BCUT2D eigenvalue weighted by atomic mass is 9.94. The number of aliphatic hydroxyl groups is 1. The molecule has 17 heavy (non-hydrogen) atoms. The van der Waals surface area contributed by atoms with Crippen LogP contribution in [-0.2, 0) is 5.60 Å². The molecule has 0 aliphatic heterocycles. The Morgan fingerprint density at radius 1 is 1.18 bits per heavy atom. The summed E-state index contributed by atoms with van der Waals surface area (Å²) in [5, 5.41) is 12.0. The van der Waals surface area contributed by atoms with Gasteiger partial charge in [-0.2, -0.15) is 0 Å². The van der Waals surface area contributed by atoms with Gasteiger partial charge in [-0.25, -0.2) is 0 Å². The van der Waals surface area contributed by atoms with Crippen LogP contribution in [0.5, 0.6) is 0 Å². The number of rotatable bonds is 1. The molecule has 2 aromatic rings. The third kappa shape index (κ3) is 2.39. The van der Waals surface area contributed by atoms with Crippen LogP contribution >= 0.6 is 23.2 Å². The van der Waals surface area contributed by atoms with Crippen molar-refractivity contribution in [3.8, 4) is 0 Å². The van der Waals surface area contributed by atoms with Crippen LogP contribution in [0.3, 0.4) is 0 Å². The molecule has 0 radical (unpaired) electrons. The first-order chi connectivity index (χ1) is 7.79. The van der Waals surface area contributed by atoms with E-state index in [1.807, 2.05) is 13.0 Å². The molecule has 0 spiro atoms. The Kier molecular flexibility index (Phi) is 3.06. The zero-order chi connectivity index (χ0) is 12.8. The maximum Gasteiger partial charge on any atom is 0.0896 e. The van der Waals surface area contributed by atoms with Gasteiger partial charge in [0.05, 0.1) is 16.1 Å². The average molecular weight is 270 g/mol. The molecule has 0 atom stereocenters. The van der Waals surface area contributed by atoms with Crippen molar-refractivity contribution in [3.63, 3.8) is 0 Å². The minimum absolute atomic E-state index is 0.502. The molecule has 0 unspecified atom stereocenters. The van der Waals surface area contributed by atoms with Gasteiger partial charge in [-0.05, 0) is 44.5 Å². The molecule has 90 valence electrons. The number of pyridine rings is 1. The smallest absolute Gasteiger partial charge is 0.0896 e. The Morgan fingerprint density at radius 3 is 2.41 bits per heavy atom. The first kappa shape index (κ1) is 12.6. The van der Waals surface area contributed by atoms with Crippen LogP contribution in [0.1, 0.15) is 25.1 Å². The summed E-state index contributed by atoms with van der Waals surface area (Å²) in [6, 6.07) is 5.30. The first-order valence-electron chi connectivity index (χ1n) is 5.28. The minimum Gasteiger partial charge on any atom is -0.386 e. The number of nitrogens with zero attached hydrogens (tertiary/aromatic N) is 1. The van der Waals surface area contributed by atoms with E-state index < -0.39 is 5.60 Å². The van der Waals surface area contributed by atoms with Crippen LogP contribution < -0.4 is 0 Å². The van der Waals surface area contributed by atoms with Crippen LogP contribution in [-0.4, -0.2) is 10.1 Å². The summed E-state index contributed by atoms with van der Waals surface area (Å²) in [6.45, 7) is 5.34. The van der Waals surface area contributed by atoms with Crippen molar-refractivity contribution < 1.29 is 5.11 Å². The highest BCUT2D eigenvalue weighted by molar-refractivity contribution is 6.38.